The van der Waals surface area contributed by atoms with E-state index in [1.54, 1.807) is 7.11 Å². The van der Waals surface area contributed by atoms with E-state index in [9.17, 15) is 0 Å². The zero-order valence-corrected chi connectivity index (χ0v) is 8.34. The van der Waals surface area contributed by atoms with E-state index < -0.39 is 0 Å². The summed E-state index contributed by atoms with van der Waals surface area (Å²) in [5, 5.41) is 3.61. The van der Waals surface area contributed by atoms with Gasteiger partial charge in [-0.15, -0.1) is 0 Å². The SMILES string of the molecule is COc1ccc(C[C@@H](C)N=[N+]=[N-])cc1. The largest absolute Gasteiger partial charge is 0.497 e. The average molecular weight is 191 g/mol. The molecule has 1 rings (SSSR count). The average Bonchev–Trinajstić information content (AvgIpc) is 2.19. The molecule has 0 unspecified atom stereocenters. The van der Waals surface area contributed by atoms with Crippen LogP contribution in [-0.4, -0.2) is 13.2 Å². The van der Waals surface area contributed by atoms with E-state index in [0.29, 0.717) is 0 Å². The molecule has 0 saturated heterocycles. The standard InChI is InChI=1S/C10H13N3O/c1-8(12-13-11)7-9-3-5-10(14-2)6-4-9/h3-6,8H,7H2,1-2H3/t8-/m1/s1. The zero-order chi connectivity index (χ0) is 10.4. The molecule has 0 radical (unpaired) electrons. The molecular weight excluding hydrogens is 178 g/mol. The molecule has 1 aromatic carbocycles. The third-order valence-electron chi connectivity index (χ3n) is 1.94. The summed E-state index contributed by atoms with van der Waals surface area (Å²) in [6, 6.07) is 7.74. The molecule has 0 heterocycles. The van der Waals surface area contributed by atoms with Crippen LogP contribution in [0.4, 0.5) is 0 Å². The molecule has 0 amide bonds. The molecule has 0 aliphatic heterocycles. The van der Waals surface area contributed by atoms with E-state index in [-0.39, 0.29) is 6.04 Å². The van der Waals surface area contributed by atoms with Gasteiger partial charge in [0.25, 0.3) is 0 Å². The van der Waals surface area contributed by atoms with Gasteiger partial charge in [-0.25, -0.2) is 0 Å². The highest BCUT2D eigenvalue weighted by atomic mass is 16.5. The highest BCUT2D eigenvalue weighted by Crippen LogP contribution is 2.13. The second kappa shape index (κ2) is 5.14. The molecule has 1 aromatic rings. The van der Waals surface area contributed by atoms with Crippen LogP contribution in [0, 0.1) is 0 Å². The van der Waals surface area contributed by atoms with E-state index in [4.69, 9.17) is 10.3 Å². The Morgan fingerprint density at radius 3 is 2.57 bits per heavy atom. The van der Waals surface area contributed by atoms with Crippen molar-refractivity contribution in [1.29, 1.82) is 0 Å². The number of methoxy groups -OCH3 is 1. The maximum Gasteiger partial charge on any atom is 0.118 e. The van der Waals surface area contributed by atoms with Crippen molar-refractivity contribution in [1.82, 2.24) is 0 Å². The maximum absolute atomic E-state index is 8.24. The first-order chi connectivity index (χ1) is 6.76. The molecular formula is C10H13N3O. The monoisotopic (exact) mass is 191 g/mol. The first-order valence-corrected chi connectivity index (χ1v) is 4.43. The number of ether oxygens (including phenoxy) is 1. The number of hydrogen-bond acceptors (Lipinski definition) is 2. The molecule has 14 heavy (non-hydrogen) atoms. The molecule has 0 N–H and O–H groups in total. The second-order valence-electron chi connectivity index (χ2n) is 3.11. The molecule has 74 valence electrons. The van der Waals surface area contributed by atoms with Crippen molar-refractivity contribution in [3.8, 4) is 5.75 Å². The van der Waals surface area contributed by atoms with Crippen molar-refractivity contribution in [2.75, 3.05) is 7.11 Å². The summed E-state index contributed by atoms with van der Waals surface area (Å²) >= 11 is 0. The van der Waals surface area contributed by atoms with E-state index in [2.05, 4.69) is 10.0 Å². The Morgan fingerprint density at radius 2 is 2.07 bits per heavy atom. The van der Waals surface area contributed by atoms with E-state index in [1.165, 1.54) is 0 Å². The Kier molecular flexibility index (Phi) is 3.83. The highest BCUT2D eigenvalue weighted by molar-refractivity contribution is 5.27. The van der Waals surface area contributed by atoms with Crippen molar-refractivity contribution >= 4 is 0 Å². The number of rotatable bonds is 4. The number of hydrogen-bond donors (Lipinski definition) is 0. The van der Waals surface area contributed by atoms with Gasteiger partial charge in [0.15, 0.2) is 0 Å². The lowest BCUT2D eigenvalue weighted by Crippen LogP contribution is -2.01. The molecule has 0 saturated carbocycles. The Bertz CT molecular complexity index is 328. The number of nitrogens with zero attached hydrogens (tertiary/aromatic N) is 3. The van der Waals surface area contributed by atoms with Crippen LogP contribution in [0.3, 0.4) is 0 Å². The Morgan fingerprint density at radius 1 is 1.43 bits per heavy atom. The first kappa shape index (κ1) is 10.4. The molecule has 0 aliphatic carbocycles. The Labute approximate surface area is 83.1 Å². The maximum atomic E-state index is 8.24. The summed E-state index contributed by atoms with van der Waals surface area (Å²) < 4.78 is 5.04. The van der Waals surface area contributed by atoms with Gasteiger partial charge in [-0.05, 0) is 29.6 Å². The smallest absolute Gasteiger partial charge is 0.118 e. The topological polar surface area (TPSA) is 58.0 Å². The molecule has 0 spiro atoms. The van der Waals surface area contributed by atoms with Gasteiger partial charge in [0.2, 0.25) is 0 Å². The van der Waals surface area contributed by atoms with Crippen molar-refractivity contribution < 1.29 is 4.74 Å². The van der Waals surface area contributed by atoms with Crippen molar-refractivity contribution in [3.05, 3.63) is 40.3 Å². The zero-order valence-electron chi connectivity index (χ0n) is 8.34. The van der Waals surface area contributed by atoms with Crippen LogP contribution in [-0.2, 0) is 6.42 Å². The fraction of sp³-hybridized carbons (Fsp3) is 0.400. The third-order valence-corrected chi connectivity index (χ3v) is 1.94. The summed E-state index contributed by atoms with van der Waals surface area (Å²) in [5.74, 6) is 0.838. The minimum Gasteiger partial charge on any atom is -0.497 e. The number of azide groups is 1. The summed E-state index contributed by atoms with van der Waals surface area (Å²) in [4.78, 5) is 2.77. The molecule has 0 fully saturated rings. The third kappa shape index (κ3) is 2.99. The molecule has 0 aliphatic rings. The quantitative estimate of drug-likeness (QED) is 0.410. The molecule has 0 aromatic heterocycles. The predicted octanol–water partition coefficient (Wildman–Crippen LogP) is 2.94. The van der Waals surface area contributed by atoms with E-state index in [1.807, 2.05) is 31.2 Å². The van der Waals surface area contributed by atoms with Crippen LogP contribution in [0.15, 0.2) is 29.4 Å². The van der Waals surface area contributed by atoms with E-state index >= 15 is 0 Å². The molecule has 4 heteroatoms. The summed E-state index contributed by atoms with van der Waals surface area (Å²) in [6.45, 7) is 1.89. The van der Waals surface area contributed by atoms with Crippen LogP contribution in [0.25, 0.3) is 10.4 Å². The fourth-order valence-corrected chi connectivity index (χ4v) is 1.23. The normalized spacial score (nSPS) is 11.6. The Balaban J connectivity index is 2.63. The van der Waals surface area contributed by atoms with Gasteiger partial charge in [-0.2, -0.15) is 0 Å². The van der Waals surface area contributed by atoms with Crippen molar-refractivity contribution in [2.45, 2.75) is 19.4 Å². The summed E-state index contributed by atoms with van der Waals surface area (Å²) in [7, 11) is 1.64. The van der Waals surface area contributed by atoms with Gasteiger partial charge in [-0.3, -0.25) is 0 Å². The van der Waals surface area contributed by atoms with Gasteiger partial charge in [0.05, 0.1) is 7.11 Å². The van der Waals surface area contributed by atoms with Crippen molar-refractivity contribution in [2.24, 2.45) is 5.11 Å². The lowest BCUT2D eigenvalue weighted by atomic mass is 10.1. The lowest BCUT2D eigenvalue weighted by Gasteiger charge is -2.05. The van der Waals surface area contributed by atoms with Gasteiger partial charge in [0.1, 0.15) is 5.75 Å². The van der Waals surface area contributed by atoms with Crippen LogP contribution < -0.4 is 4.74 Å². The van der Waals surface area contributed by atoms with Gasteiger partial charge in [-0.1, -0.05) is 24.2 Å². The van der Waals surface area contributed by atoms with Gasteiger partial charge in [0, 0.05) is 11.0 Å². The predicted molar refractivity (Wildman–Crippen MR) is 55.3 cm³/mol. The fourth-order valence-electron chi connectivity index (χ4n) is 1.23. The highest BCUT2D eigenvalue weighted by Gasteiger charge is 2.00. The van der Waals surface area contributed by atoms with Crippen molar-refractivity contribution in [3.63, 3.8) is 0 Å². The summed E-state index contributed by atoms with van der Waals surface area (Å²) in [6.07, 6.45) is 0.758. The van der Waals surface area contributed by atoms with Crippen LogP contribution in [0.1, 0.15) is 12.5 Å². The molecule has 0 bridgehead atoms. The second-order valence-corrected chi connectivity index (χ2v) is 3.11. The minimum absolute atomic E-state index is 0.00612. The van der Waals surface area contributed by atoms with Crippen LogP contribution >= 0.6 is 0 Å². The van der Waals surface area contributed by atoms with E-state index in [0.717, 1.165) is 17.7 Å². The van der Waals surface area contributed by atoms with Crippen LogP contribution in [0.2, 0.25) is 0 Å². The van der Waals surface area contributed by atoms with Gasteiger partial charge >= 0.3 is 0 Å². The number of benzene rings is 1. The Hall–Kier alpha value is -1.67. The van der Waals surface area contributed by atoms with Crippen LogP contribution in [0.5, 0.6) is 5.75 Å². The summed E-state index contributed by atoms with van der Waals surface area (Å²) in [5.41, 5.74) is 9.38. The lowest BCUT2D eigenvalue weighted by molar-refractivity contribution is 0.414. The molecule has 1 atom stereocenters. The minimum atomic E-state index is -0.00612. The molecule has 4 nitrogen and oxygen atoms in total. The van der Waals surface area contributed by atoms with Gasteiger partial charge < -0.3 is 4.74 Å². The first-order valence-electron chi connectivity index (χ1n) is 4.43.